The zero-order chi connectivity index (χ0) is 20.3. The van der Waals surface area contributed by atoms with Crippen molar-refractivity contribution in [3.05, 3.63) is 58.5 Å². The van der Waals surface area contributed by atoms with Gasteiger partial charge in [0.2, 0.25) is 5.91 Å². The van der Waals surface area contributed by atoms with Crippen molar-refractivity contribution >= 4 is 40.6 Å². The summed E-state index contributed by atoms with van der Waals surface area (Å²) >= 11 is 0.749. The van der Waals surface area contributed by atoms with Gasteiger partial charge in [-0.2, -0.15) is 0 Å². The van der Waals surface area contributed by atoms with Crippen LogP contribution in [0, 0.1) is 6.92 Å². The van der Waals surface area contributed by atoms with E-state index in [2.05, 4.69) is 5.32 Å². The van der Waals surface area contributed by atoms with E-state index < -0.39 is 17.1 Å². The second kappa shape index (κ2) is 8.18. The fourth-order valence-corrected chi connectivity index (χ4v) is 3.49. The Hall–Kier alpha value is -3.26. The smallest absolute Gasteiger partial charge is 0.294 e. The first-order valence-electron chi connectivity index (χ1n) is 8.36. The number of phenolic OH excluding ortho intramolecular Hbond substituents is 1. The molecular weight excluding hydrogens is 380 g/mol. The van der Waals surface area contributed by atoms with E-state index in [4.69, 9.17) is 4.74 Å². The topological polar surface area (TPSA) is 95.9 Å². The van der Waals surface area contributed by atoms with Gasteiger partial charge in [-0.1, -0.05) is 18.2 Å². The van der Waals surface area contributed by atoms with Gasteiger partial charge in [0.1, 0.15) is 6.54 Å². The number of ether oxygens (including phenoxy) is 1. The van der Waals surface area contributed by atoms with Gasteiger partial charge in [-0.15, -0.1) is 0 Å². The van der Waals surface area contributed by atoms with E-state index in [-0.39, 0.29) is 17.2 Å². The Balaban J connectivity index is 1.71. The first-order chi connectivity index (χ1) is 13.4. The van der Waals surface area contributed by atoms with Crippen LogP contribution in [0.1, 0.15) is 11.1 Å². The molecule has 1 fully saturated rings. The molecule has 0 radical (unpaired) electrons. The number of methoxy groups -OCH3 is 1. The highest BCUT2D eigenvalue weighted by molar-refractivity contribution is 8.18. The van der Waals surface area contributed by atoms with Crippen molar-refractivity contribution in [3.8, 4) is 11.5 Å². The van der Waals surface area contributed by atoms with E-state index in [1.807, 2.05) is 13.0 Å². The Morgan fingerprint density at radius 1 is 1.25 bits per heavy atom. The molecule has 0 aromatic heterocycles. The Morgan fingerprint density at radius 3 is 2.71 bits per heavy atom. The lowest BCUT2D eigenvalue weighted by Crippen LogP contribution is -2.36. The number of aromatic hydroxyl groups is 1. The Kier molecular flexibility index (Phi) is 5.70. The van der Waals surface area contributed by atoms with E-state index in [1.54, 1.807) is 30.3 Å². The van der Waals surface area contributed by atoms with E-state index >= 15 is 0 Å². The number of hydrogen-bond donors (Lipinski definition) is 2. The van der Waals surface area contributed by atoms with E-state index in [1.165, 1.54) is 19.3 Å². The van der Waals surface area contributed by atoms with Crippen LogP contribution >= 0.6 is 11.8 Å². The predicted octanol–water partition coefficient (Wildman–Crippen LogP) is 3.38. The molecule has 2 aromatic rings. The lowest BCUT2D eigenvalue weighted by molar-refractivity contribution is -0.127. The molecule has 0 unspecified atom stereocenters. The number of aryl methyl sites for hydroxylation is 1. The summed E-state index contributed by atoms with van der Waals surface area (Å²) in [5.74, 6) is -0.785. The summed E-state index contributed by atoms with van der Waals surface area (Å²) in [6.45, 7) is 1.53. The summed E-state index contributed by atoms with van der Waals surface area (Å²) in [7, 11) is 1.43. The summed E-state index contributed by atoms with van der Waals surface area (Å²) in [6.07, 6.45) is 1.49. The lowest BCUT2D eigenvalue weighted by atomic mass is 10.2. The normalized spacial score (nSPS) is 15.2. The van der Waals surface area contributed by atoms with Crippen LogP contribution in [0.2, 0.25) is 0 Å². The average molecular weight is 398 g/mol. The minimum absolute atomic E-state index is 0.0759. The Morgan fingerprint density at radius 2 is 2.04 bits per heavy atom. The molecule has 0 bridgehead atoms. The highest BCUT2D eigenvalue weighted by Crippen LogP contribution is 2.34. The van der Waals surface area contributed by atoms with Crippen molar-refractivity contribution in [2.45, 2.75) is 6.92 Å². The fraction of sp³-hybridized carbons (Fsp3) is 0.150. The summed E-state index contributed by atoms with van der Waals surface area (Å²) < 4.78 is 4.98. The number of imide groups is 1. The molecule has 1 aliphatic heterocycles. The lowest BCUT2D eigenvalue weighted by Gasteiger charge is -2.12. The molecule has 0 saturated carbocycles. The van der Waals surface area contributed by atoms with Crippen molar-refractivity contribution in [3.63, 3.8) is 0 Å². The van der Waals surface area contributed by atoms with Crippen LogP contribution in [0.15, 0.2) is 47.4 Å². The SMILES string of the molecule is COc1ccc(/C=C2\SC(=O)N(CC(=O)Nc3cccc(C)c3)C2=O)cc1O. The minimum atomic E-state index is -0.551. The van der Waals surface area contributed by atoms with Crippen molar-refractivity contribution in [2.75, 3.05) is 19.0 Å². The van der Waals surface area contributed by atoms with Gasteiger partial charge in [0.15, 0.2) is 11.5 Å². The molecule has 3 rings (SSSR count). The quantitative estimate of drug-likeness (QED) is 0.750. The number of amides is 3. The summed E-state index contributed by atoms with van der Waals surface area (Å²) in [5.41, 5.74) is 2.11. The van der Waals surface area contributed by atoms with Crippen LogP contribution < -0.4 is 10.1 Å². The molecule has 7 nitrogen and oxygen atoms in total. The van der Waals surface area contributed by atoms with Crippen molar-refractivity contribution in [1.29, 1.82) is 0 Å². The van der Waals surface area contributed by atoms with Gasteiger partial charge in [0, 0.05) is 5.69 Å². The second-order valence-electron chi connectivity index (χ2n) is 6.12. The largest absolute Gasteiger partial charge is 0.504 e. The number of nitrogens with zero attached hydrogens (tertiary/aromatic N) is 1. The number of benzene rings is 2. The van der Waals surface area contributed by atoms with Gasteiger partial charge in [-0.05, 0) is 60.2 Å². The summed E-state index contributed by atoms with van der Waals surface area (Å²) in [4.78, 5) is 38.0. The number of carbonyl (C=O) groups is 3. The van der Waals surface area contributed by atoms with Gasteiger partial charge < -0.3 is 15.2 Å². The molecule has 3 amide bonds. The number of carbonyl (C=O) groups excluding carboxylic acids is 3. The molecule has 1 aliphatic rings. The highest BCUT2D eigenvalue weighted by atomic mass is 32.2. The molecule has 1 saturated heterocycles. The number of anilines is 1. The maximum absolute atomic E-state index is 12.5. The fourth-order valence-electron chi connectivity index (χ4n) is 2.65. The van der Waals surface area contributed by atoms with E-state index in [0.29, 0.717) is 17.0 Å². The number of phenols is 1. The Labute approximate surface area is 166 Å². The van der Waals surface area contributed by atoms with Crippen molar-refractivity contribution in [1.82, 2.24) is 4.90 Å². The third-order valence-electron chi connectivity index (χ3n) is 3.98. The van der Waals surface area contributed by atoms with Crippen LogP contribution in [0.3, 0.4) is 0 Å². The maximum atomic E-state index is 12.5. The predicted molar refractivity (Wildman–Crippen MR) is 107 cm³/mol. The second-order valence-corrected chi connectivity index (χ2v) is 7.11. The maximum Gasteiger partial charge on any atom is 0.294 e. The summed E-state index contributed by atoms with van der Waals surface area (Å²) in [5, 5.41) is 12.0. The van der Waals surface area contributed by atoms with Gasteiger partial charge in [-0.25, -0.2) is 0 Å². The van der Waals surface area contributed by atoms with Crippen molar-refractivity contribution < 1.29 is 24.2 Å². The van der Waals surface area contributed by atoms with Crippen LogP contribution in [-0.2, 0) is 9.59 Å². The molecule has 28 heavy (non-hydrogen) atoms. The standard InChI is InChI=1S/C20H18N2O5S/c1-12-4-3-5-14(8-12)21-18(24)11-22-19(25)17(28-20(22)26)10-13-6-7-16(27-2)15(23)9-13/h3-10,23H,11H2,1-2H3,(H,21,24)/b17-10-. The van der Waals surface area contributed by atoms with Gasteiger partial charge in [-0.3, -0.25) is 19.3 Å². The number of hydrogen-bond acceptors (Lipinski definition) is 6. The third-order valence-corrected chi connectivity index (χ3v) is 4.89. The van der Waals surface area contributed by atoms with Crippen molar-refractivity contribution in [2.24, 2.45) is 0 Å². The molecule has 1 heterocycles. The number of nitrogens with one attached hydrogen (secondary N) is 1. The van der Waals surface area contributed by atoms with Crippen LogP contribution in [-0.4, -0.2) is 40.7 Å². The molecule has 0 spiro atoms. The van der Waals surface area contributed by atoms with E-state index in [0.717, 1.165) is 22.2 Å². The molecule has 0 aliphatic carbocycles. The molecule has 8 heteroatoms. The van der Waals surface area contributed by atoms with Crippen LogP contribution in [0.4, 0.5) is 10.5 Å². The highest BCUT2D eigenvalue weighted by Gasteiger charge is 2.36. The monoisotopic (exact) mass is 398 g/mol. The first-order valence-corrected chi connectivity index (χ1v) is 9.18. The minimum Gasteiger partial charge on any atom is -0.504 e. The van der Waals surface area contributed by atoms with Crippen LogP contribution in [0.25, 0.3) is 6.08 Å². The van der Waals surface area contributed by atoms with Gasteiger partial charge in [0.05, 0.1) is 12.0 Å². The Bertz CT molecular complexity index is 986. The van der Waals surface area contributed by atoms with Gasteiger partial charge >= 0.3 is 0 Å². The number of rotatable bonds is 5. The molecule has 144 valence electrons. The number of thioether (sulfide) groups is 1. The zero-order valence-electron chi connectivity index (χ0n) is 15.3. The van der Waals surface area contributed by atoms with Gasteiger partial charge in [0.25, 0.3) is 11.1 Å². The molecule has 0 atom stereocenters. The molecule has 2 N–H and O–H groups in total. The average Bonchev–Trinajstić information content (AvgIpc) is 2.89. The third kappa shape index (κ3) is 4.34. The zero-order valence-corrected chi connectivity index (χ0v) is 16.1. The van der Waals surface area contributed by atoms with E-state index in [9.17, 15) is 19.5 Å². The first kappa shape index (κ1) is 19.5. The molecule has 2 aromatic carbocycles. The van der Waals surface area contributed by atoms with Crippen LogP contribution in [0.5, 0.6) is 11.5 Å². The summed E-state index contributed by atoms with van der Waals surface area (Å²) in [6, 6.07) is 11.9. The molecular formula is C20H18N2O5S.